The van der Waals surface area contributed by atoms with Gasteiger partial charge in [-0.25, -0.2) is 0 Å². The summed E-state index contributed by atoms with van der Waals surface area (Å²) in [6.45, 7) is 0. The zero-order chi connectivity index (χ0) is 13.6. The highest BCUT2D eigenvalue weighted by atomic mass is 16.2. The number of nitrogens with one attached hydrogen (secondary N) is 1. The number of benzene rings is 1. The first-order valence-electron chi connectivity index (χ1n) is 5.90. The van der Waals surface area contributed by atoms with Gasteiger partial charge in [-0.3, -0.25) is 29.4 Å². The summed E-state index contributed by atoms with van der Waals surface area (Å²) in [5, 5.41) is 2.15. The molecule has 1 saturated heterocycles. The highest BCUT2D eigenvalue weighted by Gasteiger charge is 2.44. The number of amides is 4. The van der Waals surface area contributed by atoms with Crippen LogP contribution in [0, 0.1) is 0 Å². The van der Waals surface area contributed by atoms with Gasteiger partial charge < -0.3 is 0 Å². The van der Waals surface area contributed by atoms with Crippen LogP contribution in [-0.2, 0) is 9.59 Å². The van der Waals surface area contributed by atoms with E-state index in [-0.39, 0.29) is 18.7 Å². The number of imide groups is 2. The van der Waals surface area contributed by atoms with Gasteiger partial charge in [0.2, 0.25) is 11.8 Å². The Hall–Kier alpha value is -2.50. The molecule has 0 saturated carbocycles. The molecule has 0 radical (unpaired) electrons. The van der Waals surface area contributed by atoms with Crippen molar-refractivity contribution in [3.8, 4) is 0 Å². The monoisotopic (exact) mass is 261 g/mol. The van der Waals surface area contributed by atoms with Crippen molar-refractivity contribution in [1.82, 2.24) is 10.2 Å². The topological polar surface area (TPSA) is 83.6 Å². The average molecular weight is 261 g/mol. The zero-order valence-electron chi connectivity index (χ0n) is 9.88. The molecule has 0 aliphatic carbocycles. The van der Waals surface area contributed by atoms with Crippen molar-refractivity contribution in [2.45, 2.75) is 18.9 Å². The van der Waals surface area contributed by atoms with E-state index in [9.17, 15) is 19.2 Å². The van der Waals surface area contributed by atoms with Gasteiger partial charge >= 0.3 is 0 Å². The lowest BCUT2D eigenvalue weighted by molar-refractivity contribution is -0.136. The molecular weight excluding hydrogens is 251 g/mol. The van der Waals surface area contributed by atoms with Crippen LogP contribution in [0.5, 0.6) is 0 Å². The quantitative estimate of drug-likeness (QED) is 0.573. The minimum absolute atomic E-state index is 0.129. The maximum absolute atomic E-state index is 12.2. The molecule has 2 aliphatic heterocycles. The van der Waals surface area contributed by atoms with Crippen LogP contribution in [-0.4, -0.2) is 34.6 Å². The Morgan fingerprint density at radius 2 is 1.58 bits per heavy atom. The molecule has 96 valence electrons. The van der Waals surface area contributed by atoms with Crippen molar-refractivity contribution >= 4 is 23.6 Å². The van der Waals surface area contributed by atoms with Crippen LogP contribution in [0.1, 0.15) is 33.6 Å². The number of rotatable bonds is 1. The molecule has 19 heavy (non-hydrogen) atoms. The van der Waals surface area contributed by atoms with Crippen molar-refractivity contribution in [2.75, 3.05) is 0 Å². The molecule has 0 spiro atoms. The van der Waals surface area contributed by atoms with E-state index in [1.54, 1.807) is 24.3 Å². The fourth-order valence-corrected chi connectivity index (χ4v) is 2.42. The third kappa shape index (κ3) is 1.64. The van der Waals surface area contributed by atoms with Crippen LogP contribution < -0.4 is 5.32 Å². The van der Waals surface area contributed by atoms with Crippen molar-refractivity contribution in [3.63, 3.8) is 0 Å². The normalized spacial score (nSPS) is 22.5. The van der Waals surface area contributed by atoms with Crippen LogP contribution in [0.3, 0.4) is 0 Å². The van der Waals surface area contributed by atoms with Crippen molar-refractivity contribution in [3.05, 3.63) is 35.4 Å². The Morgan fingerprint density at radius 3 is 2.11 bits per heavy atom. The van der Waals surface area contributed by atoms with Gasteiger partial charge in [0.15, 0.2) is 0 Å². The first-order valence-corrected chi connectivity index (χ1v) is 5.90. The van der Waals surface area contributed by atoms with E-state index < -0.39 is 23.8 Å². The predicted octanol–water partition coefficient (Wildman–Crippen LogP) is 0.0878. The van der Waals surface area contributed by atoms with Gasteiger partial charge in [0.25, 0.3) is 11.8 Å². The summed E-state index contributed by atoms with van der Waals surface area (Å²) in [4.78, 5) is 48.1. The second-order valence-electron chi connectivity index (χ2n) is 4.49. The minimum Gasteiger partial charge on any atom is -0.295 e. The summed E-state index contributed by atoms with van der Waals surface area (Å²) in [5.74, 6) is -1.92. The van der Waals surface area contributed by atoms with E-state index in [4.69, 9.17) is 0 Å². The second kappa shape index (κ2) is 4.01. The summed E-state index contributed by atoms with van der Waals surface area (Å²) >= 11 is 0. The second-order valence-corrected chi connectivity index (χ2v) is 4.49. The lowest BCUT2D eigenvalue weighted by Gasteiger charge is -2.27. The van der Waals surface area contributed by atoms with E-state index in [1.165, 1.54) is 0 Å². The molecule has 0 bridgehead atoms. The minimum atomic E-state index is -0.898. The van der Waals surface area contributed by atoms with E-state index in [2.05, 4.69) is 5.32 Å². The van der Waals surface area contributed by atoms with Gasteiger partial charge in [-0.1, -0.05) is 12.1 Å². The van der Waals surface area contributed by atoms with Crippen LogP contribution in [0.15, 0.2) is 24.3 Å². The van der Waals surface area contributed by atoms with E-state index >= 15 is 0 Å². The average Bonchev–Trinajstić information content (AvgIpc) is 2.64. The number of nitrogens with zero attached hydrogens (tertiary/aromatic N) is 1. The van der Waals surface area contributed by atoms with Crippen molar-refractivity contribution in [1.29, 1.82) is 0 Å². The van der Waals surface area contributed by atoms with Crippen LogP contribution >= 0.6 is 0 Å². The zero-order valence-corrected chi connectivity index (χ0v) is 9.88. The molecule has 4 amide bonds. The first-order chi connectivity index (χ1) is 9.09. The van der Waals surface area contributed by atoms with Gasteiger partial charge in [-0.05, 0) is 18.6 Å². The third-order valence-electron chi connectivity index (χ3n) is 3.35. The van der Waals surface area contributed by atoms with E-state index in [0.29, 0.717) is 11.1 Å². The molecule has 6 heteroatoms. The fraction of sp³-hybridized carbons (Fsp3) is 0.231. The SMILES string of the molecule is O=C1c2ccccc2C(=O)N1C1[13CH2]C[13C](=O)N[13C]1=O. The predicted molar refractivity (Wildman–Crippen MR) is 63.1 cm³/mol. The summed E-state index contributed by atoms with van der Waals surface area (Å²) in [6.07, 6.45) is 0.306. The van der Waals surface area contributed by atoms with Gasteiger partial charge in [0.1, 0.15) is 6.04 Å². The highest BCUT2D eigenvalue weighted by molar-refractivity contribution is 6.23. The molecule has 1 aromatic carbocycles. The molecule has 2 aliphatic rings. The number of hydrogen-bond donors (Lipinski definition) is 1. The largest absolute Gasteiger partial charge is 0.295 e. The van der Waals surface area contributed by atoms with Gasteiger partial charge in [0.05, 0.1) is 11.1 Å². The highest BCUT2D eigenvalue weighted by Crippen LogP contribution is 2.26. The van der Waals surface area contributed by atoms with Crippen LogP contribution in [0.25, 0.3) is 0 Å². The Labute approximate surface area is 108 Å². The van der Waals surface area contributed by atoms with Gasteiger partial charge in [0, 0.05) is 6.42 Å². The molecule has 2 heterocycles. The van der Waals surface area contributed by atoms with Crippen molar-refractivity contribution < 1.29 is 19.2 Å². The Balaban J connectivity index is 1.96. The number of hydrogen-bond acceptors (Lipinski definition) is 4. The molecule has 1 fully saturated rings. The molecule has 1 atom stereocenters. The molecule has 6 nitrogen and oxygen atoms in total. The van der Waals surface area contributed by atoms with Crippen molar-refractivity contribution in [2.24, 2.45) is 0 Å². The smallest absolute Gasteiger partial charge is 0.262 e. The molecule has 1 unspecified atom stereocenters. The summed E-state index contributed by atoms with van der Waals surface area (Å²) in [7, 11) is 0. The molecule has 0 aromatic heterocycles. The third-order valence-corrected chi connectivity index (χ3v) is 3.35. The summed E-state index contributed by atoms with van der Waals surface area (Å²) < 4.78 is 0. The number of piperidine rings is 1. The first kappa shape index (κ1) is 11.6. The Bertz CT molecular complexity index is 588. The summed E-state index contributed by atoms with van der Waals surface area (Å²) in [5.41, 5.74) is 0.606. The lowest BCUT2D eigenvalue weighted by Crippen LogP contribution is -2.54. The maximum atomic E-state index is 12.2. The molecule has 1 aromatic rings. The van der Waals surface area contributed by atoms with Crippen LogP contribution in [0.2, 0.25) is 0 Å². The Morgan fingerprint density at radius 1 is 1.00 bits per heavy atom. The number of carbonyl (C=O) groups excluding carboxylic acids is 4. The standard InChI is InChI=1S/C13H10N2O4/c16-10-6-5-9(11(17)14-10)15-12(18)7-3-1-2-4-8(7)13(15)19/h1-4,9H,5-6H2,(H,14,16,17)/i5+1,10+1,11+1. The van der Waals surface area contributed by atoms with Crippen LogP contribution in [0.4, 0.5) is 0 Å². The Kier molecular flexibility index (Phi) is 2.45. The summed E-state index contributed by atoms with van der Waals surface area (Å²) in [6, 6.07) is 5.55. The fourth-order valence-electron chi connectivity index (χ4n) is 2.42. The maximum Gasteiger partial charge on any atom is 0.262 e. The van der Waals surface area contributed by atoms with Gasteiger partial charge in [-0.15, -0.1) is 0 Å². The molecular formula is C13H10N2O4. The number of carbonyl (C=O) groups is 4. The van der Waals surface area contributed by atoms with Gasteiger partial charge in [-0.2, -0.15) is 0 Å². The lowest BCUT2D eigenvalue weighted by atomic mass is 10.1. The van der Waals surface area contributed by atoms with E-state index in [1.807, 2.05) is 0 Å². The molecule has 3 rings (SSSR count). The number of fused-ring (bicyclic) bond motifs is 1. The molecule has 1 N–H and O–H groups in total. The van der Waals surface area contributed by atoms with E-state index in [0.717, 1.165) is 4.90 Å².